The van der Waals surface area contributed by atoms with Crippen LogP contribution in [0, 0.1) is 0 Å². The molecule has 0 unspecified atom stereocenters. The van der Waals surface area contributed by atoms with Gasteiger partial charge < -0.3 is 14.0 Å². The zero-order valence-electron chi connectivity index (χ0n) is 17.5. The first-order valence-corrected chi connectivity index (χ1v) is 10.3. The minimum Gasteiger partial charge on any atom is -0.497 e. The summed E-state index contributed by atoms with van der Waals surface area (Å²) in [5, 5.41) is 0. The van der Waals surface area contributed by atoms with Crippen molar-refractivity contribution in [2.45, 2.75) is 12.5 Å². The van der Waals surface area contributed by atoms with E-state index >= 15 is 0 Å². The molecular formula is C26H23N3O2. The smallest absolute Gasteiger partial charge is 0.230 e. The monoisotopic (exact) mass is 409 g/mol. The van der Waals surface area contributed by atoms with Crippen molar-refractivity contribution < 1.29 is 9.47 Å². The summed E-state index contributed by atoms with van der Waals surface area (Å²) >= 11 is 0. The summed E-state index contributed by atoms with van der Waals surface area (Å²) in [5.41, 5.74) is 5.30. The normalized spacial score (nSPS) is 15.2. The van der Waals surface area contributed by atoms with Crippen LogP contribution < -0.4 is 9.47 Å². The van der Waals surface area contributed by atoms with Gasteiger partial charge in [-0.2, -0.15) is 0 Å². The molecule has 0 saturated carbocycles. The summed E-state index contributed by atoms with van der Waals surface area (Å²) in [6.45, 7) is 0. The van der Waals surface area contributed by atoms with Crippen LogP contribution in [-0.2, 0) is 0 Å². The lowest BCUT2D eigenvalue weighted by atomic mass is 9.95. The quantitative estimate of drug-likeness (QED) is 0.426. The van der Waals surface area contributed by atoms with E-state index in [-0.39, 0.29) is 6.04 Å². The Morgan fingerprint density at radius 2 is 1.42 bits per heavy atom. The molecule has 4 aromatic rings. The maximum atomic E-state index is 5.35. The number of hydrogen-bond donors (Lipinski definition) is 0. The van der Waals surface area contributed by atoms with Crippen molar-refractivity contribution in [3.8, 4) is 22.8 Å². The zero-order chi connectivity index (χ0) is 21.2. The van der Waals surface area contributed by atoms with Gasteiger partial charge in [0.05, 0.1) is 31.7 Å². The molecule has 0 saturated heterocycles. The van der Waals surface area contributed by atoms with Gasteiger partial charge in [0, 0.05) is 18.2 Å². The van der Waals surface area contributed by atoms with Crippen LogP contribution in [0.1, 0.15) is 23.6 Å². The molecule has 1 aromatic heterocycles. The zero-order valence-corrected chi connectivity index (χ0v) is 17.5. The number of aromatic nitrogens is 2. The SMILES string of the molecule is COc1ccc(C2=Nc3nc(-c4ccccc4)cn3[C@H](c3ccc(OC)cc3)C2)cc1. The van der Waals surface area contributed by atoms with Gasteiger partial charge in [-0.1, -0.05) is 42.5 Å². The first kappa shape index (κ1) is 19.1. The number of benzene rings is 3. The van der Waals surface area contributed by atoms with E-state index in [1.165, 1.54) is 5.56 Å². The fraction of sp³-hybridized carbons (Fsp3) is 0.154. The molecule has 5 nitrogen and oxygen atoms in total. The van der Waals surface area contributed by atoms with Crippen LogP contribution >= 0.6 is 0 Å². The van der Waals surface area contributed by atoms with E-state index in [1.54, 1.807) is 14.2 Å². The molecule has 5 heteroatoms. The lowest BCUT2D eigenvalue weighted by Crippen LogP contribution is -2.19. The highest BCUT2D eigenvalue weighted by Crippen LogP contribution is 2.36. The van der Waals surface area contributed by atoms with Gasteiger partial charge in [-0.25, -0.2) is 9.98 Å². The van der Waals surface area contributed by atoms with Crippen molar-refractivity contribution in [1.29, 1.82) is 0 Å². The van der Waals surface area contributed by atoms with E-state index in [1.807, 2.05) is 42.5 Å². The van der Waals surface area contributed by atoms with Gasteiger partial charge in [-0.05, 0) is 47.5 Å². The standard InChI is InChI=1S/C26H23N3O2/c1-30-21-12-8-19(9-13-21)23-16-25(20-10-14-22(31-2)15-11-20)29-17-24(28-26(29)27-23)18-6-4-3-5-7-18/h3-15,17,25H,16H2,1-2H3/t25-/m0/s1. The summed E-state index contributed by atoms with van der Waals surface area (Å²) < 4.78 is 12.8. The van der Waals surface area contributed by atoms with Gasteiger partial charge in [0.2, 0.25) is 5.95 Å². The van der Waals surface area contributed by atoms with Crippen molar-refractivity contribution in [3.63, 3.8) is 0 Å². The highest BCUT2D eigenvalue weighted by Gasteiger charge is 2.26. The van der Waals surface area contributed by atoms with Crippen molar-refractivity contribution in [1.82, 2.24) is 9.55 Å². The highest BCUT2D eigenvalue weighted by molar-refractivity contribution is 6.03. The molecular weight excluding hydrogens is 386 g/mol. The van der Waals surface area contributed by atoms with Gasteiger partial charge >= 0.3 is 0 Å². The van der Waals surface area contributed by atoms with E-state index in [9.17, 15) is 0 Å². The van der Waals surface area contributed by atoms with Gasteiger partial charge in [-0.3, -0.25) is 0 Å². The molecule has 0 radical (unpaired) electrons. The first-order valence-electron chi connectivity index (χ1n) is 10.3. The summed E-state index contributed by atoms with van der Waals surface area (Å²) in [7, 11) is 3.36. The summed E-state index contributed by atoms with van der Waals surface area (Å²) in [6.07, 6.45) is 2.88. The molecule has 1 aliphatic rings. The number of rotatable bonds is 5. The molecule has 5 rings (SSSR count). The maximum Gasteiger partial charge on any atom is 0.230 e. The van der Waals surface area contributed by atoms with E-state index < -0.39 is 0 Å². The average Bonchev–Trinajstić information content (AvgIpc) is 3.28. The lowest BCUT2D eigenvalue weighted by Gasteiger charge is -2.25. The molecule has 0 bridgehead atoms. The molecule has 1 aliphatic heterocycles. The average molecular weight is 409 g/mol. The molecule has 2 heterocycles. The topological polar surface area (TPSA) is 48.6 Å². The van der Waals surface area contributed by atoms with Gasteiger partial charge in [0.25, 0.3) is 0 Å². The lowest BCUT2D eigenvalue weighted by molar-refractivity contribution is 0.414. The minimum atomic E-state index is 0.0977. The summed E-state index contributed by atoms with van der Waals surface area (Å²) in [4.78, 5) is 9.80. The summed E-state index contributed by atoms with van der Waals surface area (Å²) in [6, 6.07) is 26.6. The predicted molar refractivity (Wildman–Crippen MR) is 123 cm³/mol. The van der Waals surface area contributed by atoms with Gasteiger partial charge in [-0.15, -0.1) is 0 Å². The van der Waals surface area contributed by atoms with Crippen LogP contribution in [0.4, 0.5) is 5.95 Å². The van der Waals surface area contributed by atoms with Crippen LogP contribution in [0.25, 0.3) is 11.3 Å². The number of fused-ring (bicyclic) bond motifs is 1. The van der Waals surface area contributed by atoms with E-state index in [2.05, 4.69) is 47.2 Å². The number of ether oxygens (including phenoxy) is 2. The molecule has 0 fully saturated rings. The Kier molecular flexibility index (Phi) is 5.00. The number of hydrogen-bond acceptors (Lipinski definition) is 4. The fourth-order valence-electron chi connectivity index (χ4n) is 3.96. The minimum absolute atomic E-state index is 0.0977. The Balaban J connectivity index is 1.60. The largest absolute Gasteiger partial charge is 0.497 e. The Labute approximate surface area is 181 Å². The van der Waals surface area contributed by atoms with Crippen LogP contribution in [0.15, 0.2) is 90.1 Å². The Bertz CT molecular complexity index is 1210. The predicted octanol–water partition coefficient (Wildman–Crippen LogP) is 5.68. The second-order valence-electron chi connectivity index (χ2n) is 7.48. The fourth-order valence-corrected chi connectivity index (χ4v) is 3.96. The third kappa shape index (κ3) is 3.70. The second-order valence-corrected chi connectivity index (χ2v) is 7.48. The number of nitrogens with zero attached hydrogens (tertiary/aromatic N) is 3. The highest BCUT2D eigenvalue weighted by atomic mass is 16.5. The molecule has 0 aliphatic carbocycles. The maximum absolute atomic E-state index is 5.35. The third-order valence-electron chi connectivity index (χ3n) is 5.66. The van der Waals surface area contributed by atoms with Crippen LogP contribution in [0.5, 0.6) is 11.5 Å². The number of imidazole rings is 1. The molecule has 0 N–H and O–H groups in total. The Morgan fingerprint density at radius 1 is 0.774 bits per heavy atom. The molecule has 31 heavy (non-hydrogen) atoms. The first-order chi connectivity index (χ1) is 15.2. The molecule has 1 atom stereocenters. The van der Waals surface area contributed by atoms with Crippen molar-refractivity contribution in [2.24, 2.45) is 4.99 Å². The summed E-state index contributed by atoms with van der Waals surface area (Å²) in [5.74, 6) is 2.40. The third-order valence-corrected chi connectivity index (χ3v) is 5.66. The molecule has 3 aromatic carbocycles. The van der Waals surface area contributed by atoms with Crippen LogP contribution in [0.3, 0.4) is 0 Å². The second kappa shape index (κ2) is 8.11. The van der Waals surface area contributed by atoms with E-state index in [4.69, 9.17) is 19.5 Å². The van der Waals surface area contributed by atoms with E-state index in [0.717, 1.165) is 46.4 Å². The van der Waals surface area contributed by atoms with Crippen LogP contribution in [-0.4, -0.2) is 29.5 Å². The van der Waals surface area contributed by atoms with Crippen molar-refractivity contribution in [2.75, 3.05) is 14.2 Å². The number of aliphatic imine (C=N–C) groups is 1. The van der Waals surface area contributed by atoms with Crippen molar-refractivity contribution in [3.05, 3.63) is 96.2 Å². The number of methoxy groups -OCH3 is 2. The van der Waals surface area contributed by atoms with Gasteiger partial charge in [0.15, 0.2) is 0 Å². The van der Waals surface area contributed by atoms with Gasteiger partial charge in [0.1, 0.15) is 11.5 Å². The van der Waals surface area contributed by atoms with Crippen LogP contribution in [0.2, 0.25) is 0 Å². The Morgan fingerprint density at radius 3 is 2.06 bits per heavy atom. The molecule has 154 valence electrons. The van der Waals surface area contributed by atoms with E-state index in [0.29, 0.717) is 0 Å². The molecule has 0 amide bonds. The molecule has 0 spiro atoms. The Hall–Kier alpha value is -3.86. The van der Waals surface area contributed by atoms with Crippen molar-refractivity contribution >= 4 is 11.7 Å².